The molecule has 1 aromatic carbocycles. The highest BCUT2D eigenvalue weighted by Gasteiger charge is 2.29. The number of fused-ring (bicyclic) bond motifs is 1. The number of ether oxygens (including phenoxy) is 1. The summed E-state index contributed by atoms with van der Waals surface area (Å²) in [5, 5.41) is 0. The quantitative estimate of drug-likeness (QED) is 0.731. The van der Waals surface area contributed by atoms with Crippen LogP contribution in [0.3, 0.4) is 0 Å². The van der Waals surface area contributed by atoms with Crippen LogP contribution in [-0.2, 0) is 11.2 Å². The Balaban J connectivity index is 1.68. The van der Waals surface area contributed by atoms with Gasteiger partial charge in [0.2, 0.25) is 0 Å². The summed E-state index contributed by atoms with van der Waals surface area (Å²) in [4.78, 5) is 0.560. The Bertz CT molecular complexity index is 398. The molecule has 1 saturated heterocycles. The van der Waals surface area contributed by atoms with Gasteiger partial charge in [-0.15, -0.1) is 0 Å². The Labute approximate surface area is 118 Å². The Kier molecular flexibility index (Phi) is 4.05. The van der Waals surface area contributed by atoms with Crippen LogP contribution in [0.1, 0.15) is 41.6 Å². The molecule has 3 rings (SSSR count). The monoisotopic (exact) mass is 308 g/mol. The number of hydrogen-bond donors (Lipinski definition) is 0. The van der Waals surface area contributed by atoms with E-state index in [1.807, 2.05) is 0 Å². The van der Waals surface area contributed by atoms with E-state index in [-0.39, 0.29) is 0 Å². The highest BCUT2D eigenvalue weighted by Crippen LogP contribution is 2.44. The molecule has 2 unspecified atom stereocenters. The first-order valence-electron chi connectivity index (χ1n) is 7.14. The molecule has 1 nitrogen and oxygen atoms in total. The fourth-order valence-corrected chi connectivity index (χ4v) is 4.35. The number of alkyl halides is 1. The second-order valence-corrected chi connectivity index (χ2v) is 6.68. The van der Waals surface area contributed by atoms with Crippen LogP contribution < -0.4 is 0 Å². The van der Waals surface area contributed by atoms with Gasteiger partial charge in [-0.1, -0.05) is 40.2 Å². The molecule has 0 bridgehead atoms. The van der Waals surface area contributed by atoms with Crippen LogP contribution in [0.25, 0.3) is 0 Å². The fraction of sp³-hybridized carbons (Fsp3) is 0.625. The van der Waals surface area contributed by atoms with Crippen LogP contribution in [0.15, 0.2) is 24.3 Å². The fourth-order valence-electron chi connectivity index (χ4n) is 3.42. The first kappa shape index (κ1) is 12.7. The molecule has 18 heavy (non-hydrogen) atoms. The van der Waals surface area contributed by atoms with Gasteiger partial charge in [-0.05, 0) is 55.1 Å². The van der Waals surface area contributed by atoms with Gasteiger partial charge in [0.15, 0.2) is 0 Å². The zero-order valence-corrected chi connectivity index (χ0v) is 12.4. The third-order valence-corrected chi connectivity index (χ3v) is 5.77. The summed E-state index contributed by atoms with van der Waals surface area (Å²) in [6.07, 6.45) is 6.49. The van der Waals surface area contributed by atoms with Crippen LogP contribution >= 0.6 is 15.9 Å². The molecule has 0 aromatic heterocycles. The van der Waals surface area contributed by atoms with Crippen molar-refractivity contribution < 1.29 is 4.74 Å². The number of hydrogen-bond acceptors (Lipinski definition) is 1. The molecular formula is C16H21BrO. The average Bonchev–Trinajstić information content (AvgIpc) is 2.43. The molecule has 1 heterocycles. The van der Waals surface area contributed by atoms with Gasteiger partial charge >= 0.3 is 0 Å². The predicted octanol–water partition coefficient (Wildman–Crippen LogP) is 4.50. The molecule has 1 aliphatic carbocycles. The molecule has 1 aromatic rings. The largest absolute Gasteiger partial charge is 0.381 e. The second kappa shape index (κ2) is 5.75. The lowest BCUT2D eigenvalue weighted by molar-refractivity contribution is 0.0577. The topological polar surface area (TPSA) is 9.23 Å². The molecule has 2 aliphatic rings. The van der Waals surface area contributed by atoms with E-state index in [9.17, 15) is 0 Å². The highest BCUT2D eigenvalue weighted by molar-refractivity contribution is 9.09. The molecular weight excluding hydrogens is 288 g/mol. The van der Waals surface area contributed by atoms with Gasteiger partial charge in [0.05, 0.1) is 0 Å². The number of halogens is 1. The third kappa shape index (κ3) is 2.65. The van der Waals surface area contributed by atoms with Crippen molar-refractivity contribution in [3.8, 4) is 0 Å². The molecule has 0 N–H and O–H groups in total. The van der Waals surface area contributed by atoms with Crippen molar-refractivity contribution in [2.24, 2.45) is 11.8 Å². The summed E-state index contributed by atoms with van der Waals surface area (Å²) >= 11 is 3.95. The van der Waals surface area contributed by atoms with Gasteiger partial charge in [0.25, 0.3) is 0 Å². The molecule has 1 aliphatic heterocycles. The van der Waals surface area contributed by atoms with Gasteiger partial charge in [0.1, 0.15) is 0 Å². The molecule has 1 fully saturated rings. The maximum Gasteiger partial charge on any atom is 0.0468 e. The lowest BCUT2D eigenvalue weighted by Gasteiger charge is -2.33. The van der Waals surface area contributed by atoms with Crippen molar-refractivity contribution in [2.75, 3.05) is 13.2 Å². The van der Waals surface area contributed by atoms with Gasteiger partial charge in [-0.2, -0.15) is 0 Å². The lowest BCUT2D eigenvalue weighted by Crippen LogP contribution is -2.23. The SMILES string of the molecule is BrC1c2ccccc2CCC1CC1CCOCC1. The first-order chi connectivity index (χ1) is 8.84. The Morgan fingerprint density at radius 2 is 1.89 bits per heavy atom. The van der Waals surface area contributed by atoms with Crippen LogP contribution in [0.4, 0.5) is 0 Å². The summed E-state index contributed by atoms with van der Waals surface area (Å²) in [5.74, 6) is 1.69. The molecule has 0 amide bonds. The van der Waals surface area contributed by atoms with Crippen molar-refractivity contribution in [3.05, 3.63) is 35.4 Å². The first-order valence-corrected chi connectivity index (χ1v) is 8.06. The van der Waals surface area contributed by atoms with E-state index in [1.54, 1.807) is 5.56 Å². The Hall–Kier alpha value is -0.340. The van der Waals surface area contributed by atoms with E-state index in [0.29, 0.717) is 4.83 Å². The van der Waals surface area contributed by atoms with E-state index in [2.05, 4.69) is 40.2 Å². The van der Waals surface area contributed by atoms with Gasteiger partial charge in [0, 0.05) is 18.0 Å². The number of aryl methyl sites for hydroxylation is 1. The lowest BCUT2D eigenvalue weighted by atomic mass is 9.78. The van der Waals surface area contributed by atoms with Crippen LogP contribution in [0.5, 0.6) is 0 Å². The van der Waals surface area contributed by atoms with Crippen molar-refractivity contribution in [2.45, 2.75) is 36.9 Å². The summed E-state index contributed by atoms with van der Waals surface area (Å²) in [6, 6.07) is 8.92. The van der Waals surface area contributed by atoms with Crippen LogP contribution in [-0.4, -0.2) is 13.2 Å². The number of rotatable bonds is 2. The minimum Gasteiger partial charge on any atom is -0.381 e. The summed E-state index contributed by atoms with van der Waals surface area (Å²) in [5.41, 5.74) is 3.07. The molecule has 98 valence electrons. The van der Waals surface area contributed by atoms with E-state index in [4.69, 9.17) is 4.74 Å². The van der Waals surface area contributed by atoms with Gasteiger partial charge in [-0.3, -0.25) is 0 Å². The van der Waals surface area contributed by atoms with Crippen molar-refractivity contribution in [3.63, 3.8) is 0 Å². The number of benzene rings is 1. The zero-order chi connectivity index (χ0) is 12.4. The Morgan fingerprint density at radius 1 is 1.11 bits per heavy atom. The summed E-state index contributed by atoms with van der Waals surface area (Å²) in [6.45, 7) is 1.95. The maximum atomic E-state index is 5.46. The van der Waals surface area contributed by atoms with Crippen molar-refractivity contribution >= 4 is 15.9 Å². The van der Waals surface area contributed by atoms with Crippen molar-refractivity contribution in [1.82, 2.24) is 0 Å². The normalized spacial score (nSPS) is 28.9. The standard InChI is InChI=1S/C16H21BrO/c17-16-14(11-12-7-9-18-10-8-12)6-5-13-3-1-2-4-15(13)16/h1-4,12,14,16H,5-11H2. The minimum absolute atomic E-state index is 0.560. The van der Waals surface area contributed by atoms with Gasteiger partial charge < -0.3 is 4.74 Å². The van der Waals surface area contributed by atoms with E-state index < -0.39 is 0 Å². The van der Waals surface area contributed by atoms with Crippen molar-refractivity contribution in [1.29, 1.82) is 0 Å². The molecule has 2 atom stereocenters. The summed E-state index contributed by atoms with van der Waals surface area (Å²) < 4.78 is 5.46. The summed E-state index contributed by atoms with van der Waals surface area (Å²) in [7, 11) is 0. The van der Waals surface area contributed by atoms with E-state index in [1.165, 1.54) is 37.7 Å². The van der Waals surface area contributed by atoms with Gasteiger partial charge in [-0.25, -0.2) is 0 Å². The van der Waals surface area contributed by atoms with Crippen LogP contribution in [0.2, 0.25) is 0 Å². The molecule has 0 radical (unpaired) electrons. The smallest absolute Gasteiger partial charge is 0.0468 e. The zero-order valence-electron chi connectivity index (χ0n) is 10.8. The molecule has 2 heteroatoms. The second-order valence-electron chi connectivity index (χ2n) is 5.69. The Morgan fingerprint density at radius 3 is 2.72 bits per heavy atom. The van der Waals surface area contributed by atoms with E-state index in [0.717, 1.165) is 25.0 Å². The van der Waals surface area contributed by atoms with Crippen LogP contribution in [0, 0.1) is 11.8 Å². The molecule has 0 spiro atoms. The maximum absolute atomic E-state index is 5.46. The predicted molar refractivity (Wildman–Crippen MR) is 78.1 cm³/mol. The minimum atomic E-state index is 0.560. The molecule has 0 saturated carbocycles. The average molecular weight is 309 g/mol. The highest BCUT2D eigenvalue weighted by atomic mass is 79.9. The third-order valence-electron chi connectivity index (χ3n) is 4.53. The van der Waals surface area contributed by atoms with E-state index >= 15 is 0 Å².